The van der Waals surface area contributed by atoms with E-state index in [9.17, 15) is 4.79 Å². The van der Waals surface area contributed by atoms with Crippen molar-refractivity contribution >= 4 is 5.91 Å². The maximum absolute atomic E-state index is 12.3. The van der Waals surface area contributed by atoms with Crippen molar-refractivity contribution in [3.05, 3.63) is 11.6 Å². The summed E-state index contributed by atoms with van der Waals surface area (Å²) >= 11 is 0. The van der Waals surface area contributed by atoms with Crippen molar-refractivity contribution in [3.8, 4) is 0 Å². The van der Waals surface area contributed by atoms with Crippen molar-refractivity contribution in [3.63, 3.8) is 0 Å². The first-order valence-electron chi connectivity index (χ1n) is 7.10. The van der Waals surface area contributed by atoms with Crippen LogP contribution in [0.2, 0.25) is 0 Å². The first kappa shape index (κ1) is 14.0. The number of H-pyrrole nitrogens is 1. The Bertz CT molecular complexity index is 430. The molecular formula is C13H23N5O. The van der Waals surface area contributed by atoms with Gasteiger partial charge in [0.15, 0.2) is 0 Å². The molecule has 2 heterocycles. The molecule has 0 aliphatic carbocycles. The monoisotopic (exact) mass is 265 g/mol. The summed E-state index contributed by atoms with van der Waals surface area (Å²) in [6.07, 6.45) is 1.83. The van der Waals surface area contributed by atoms with Crippen molar-refractivity contribution < 1.29 is 4.79 Å². The molecule has 0 aromatic carbocycles. The molecule has 106 valence electrons. The van der Waals surface area contributed by atoms with Crippen molar-refractivity contribution in [1.82, 2.24) is 25.0 Å². The minimum absolute atomic E-state index is 0.0544. The topological polar surface area (TPSA) is 65.1 Å². The summed E-state index contributed by atoms with van der Waals surface area (Å²) < 4.78 is 0. The summed E-state index contributed by atoms with van der Waals surface area (Å²) in [5.74, 6) is 1.05. The van der Waals surface area contributed by atoms with E-state index in [1.54, 1.807) is 0 Å². The van der Waals surface area contributed by atoms with Gasteiger partial charge in [0.05, 0.1) is 0 Å². The average Bonchev–Trinajstić information content (AvgIpc) is 2.87. The van der Waals surface area contributed by atoms with Gasteiger partial charge in [0.2, 0.25) is 5.82 Å². The highest BCUT2D eigenvalue weighted by Crippen LogP contribution is 2.11. The van der Waals surface area contributed by atoms with Gasteiger partial charge in [-0.05, 0) is 19.9 Å². The lowest BCUT2D eigenvalue weighted by atomic mass is 10.2. The molecule has 1 amide bonds. The van der Waals surface area contributed by atoms with Gasteiger partial charge in [-0.15, -0.1) is 5.10 Å². The van der Waals surface area contributed by atoms with Crippen LogP contribution in [0.5, 0.6) is 0 Å². The summed E-state index contributed by atoms with van der Waals surface area (Å²) in [5.41, 5.74) is 0. The van der Waals surface area contributed by atoms with Crippen molar-refractivity contribution in [1.29, 1.82) is 0 Å². The van der Waals surface area contributed by atoms with Crippen LogP contribution in [0.25, 0.3) is 0 Å². The number of piperazine rings is 1. The third-order valence-corrected chi connectivity index (χ3v) is 3.67. The fraction of sp³-hybridized carbons (Fsp3) is 0.769. The Morgan fingerprint density at radius 1 is 1.42 bits per heavy atom. The van der Waals surface area contributed by atoms with E-state index in [1.165, 1.54) is 0 Å². The smallest absolute Gasteiger partial charge is 0.293 e. The van der Waals surface area contributed by atoms with Gasteiger partial charge in [0.25, 0.3) is 5.91 Å². The highest BCUT2D eigenvalue weighted by molar-refractivity contribution is 5.90. The van der Waals surface area contributed by atoms with Gasteiger partial charge >= 0.3 is 0 Å². The van der Waals surface area contributed by atoms with Crippen LogP contribution >= 0.6 is 0 Å². The standard InChI is InChI=1S/C13H23N5O/c1-4-6-11-14-12(16-15-11)13(19)18-8-7-17(5-2)10(3)9-18/h10H,4-9H2,1-3H3,(H,14,15,16). The Labute approximate surface area is 114 Å². The summed E-state index contributed by atoms with van der Waals surface area (Å²) in [6, 6.07) is 0.400. The molecule has 1 aromatic rings. The molecule has 1 fully saturated rings. The van der Waals surface area contributed by atoms with Crippen LogP contribution in [0.15, 0.2) is 0 Å². The molecule has 6 heteroatoms. The third-order valence-electron chi connectivity index (χ3n) is 3.67. The van der Waals surface area contributed by atoms with E-state index in [4.69, 9.17) is 0 Å². The van der Waals surface area contributed by atoms with Crippen molar-refractivity contribution in [2.45, 2.75) is 39.7 Å². The van der Waals surface area contributed by atoms with E-state index >= 15 is 0 Å². The Morgan fingerprint density at radius 3 is 2.84 bits per heavy atom. The molecule has 19 heavy (non-hydrogen) atoms. The van der Waals surface area contributed by atoms with Gasteiger partial charge in [-0.3, -0.25) is 14.8 Å². The Hall–Kier alpha value is -1.43. The number of hydrogen-bond acceptors (Lipinski definition) is 4. The van der Waals surface area contributed by atoms with Crippen LogP contribution < -0.4 is 0 Å². The van der Waals surface area contributed by atoms with Crippen LogP contribution in [0.1, 0.15) is 43.6 Å². The molecule has 1 unspecified atom stereocenters. The van der Waals surface area contributed by atoms with Crippen LogP contribution in [0, 0.1) is 0 Å². The molecule has 0 bridgehead atoms. The zero-order chi connectivity index (χ0) is 13.8. The summed E-state index contributed by atoms with van der Waals surface area (Å²) in [6.45, 7) is 9.86. The van der Waals surface area contributed by atoms with E-state index in [1.807, 2.05) is 4.90 Å². The fourth-order valence-corrected chi connectivity index (χ4v) is 2.53. The van der Waals surface area contributed by atoms with Gasteiger partial charge in [-0.25, -0.2) is 4.98 Å². The first-order chi connectivity index (χ1) is 9.15. The molecule has 1 saturated heterocycles. The molecule has 6 nitrogen and oxygen atoms in total. The number of aromatic amines is 1. The predicted molar refractivity (Wildman–Crippen MR) is 73.0 cm³/mol. The zero-order valence-corrected chi connectivity index (χ0v) is 12.0. The normalized spacial score (nSPS) is 20.8. The molecule has 1 aromatic heterocycles. The van der Waals surface area contributed by atoms with E-state index in [2.05, 4.69) is 40.9 Å². The van der Waals surface area contributed by atoms with Crippen molar-refractivity contribution in [2.24, 2.45) is 0 Å². The Kier molecular flexibility index (Phi) is 4.52. The number of hydrogen-bond donors (Lipinski definition) is 1. The minimum Gasteiger partial charge on any atom is -0.333 e. The van der Waals surface area contributed by atoms with E-state index in [0.717, 1.165) is 44.8 Å². The molecule has 1 N–H and O–H groups in total. The number of nitrogens with one attached hydrogen (secondary N) is 1. The SMILES string of the molecule is CCCc1nc(C(=O)N2CCN(CC)C(C)C2)n[nH]1. The fourth-order valence-electron chi connectivity index (χ4n) is 2.53. The van der Waals surface area contributed by atoms with Gasteiger partial charge in [-0.2, -0.15) is 0 Å². The third kappa shape index (κ3) is 3.12. The first-order valence-corrected chi connectivity index (χ1v) is 7.10. The molecular weight excluding hydrogens is 242 g/mol. The van der Waals surface area contributed by atoms with E-state index < -0.39 is 0 Å². The van der Waals surface area contributed by atoms with Crippen LogP contribution in [-0.4, -0.2) is 63.1 Å². The Morgan fingerprint density at radius 2 is 2.21 bits per heavy atom. The second-order valence-electron chi connectivity index (χ2n) is 5.08. The second-order valence-corrected chi connectivity index (χ2v) is 5.08. The number of amides is 1. The molecule has 1 atom stereocenters. The zero-order valence-electron chi connectivity index (χ0n) is 12.0. The lowest BCUT2D eigenvalue weighted by molar-refractivity contribution is 0.0517. The van der Waals surface area contributed by atoms with Gasteiger partial charge < -0.3 is 4.90 Å². The van der Waals surface area contributed by atoms with Crippen LogP contribution in [-0.2, 0) is 6.42 Å². The second kappa shape index (κ2) is 6.14. The maximum atomic E-state index is 12.3. The molecule has 0 radical (unpaired) electrons. The lowest BCUT2D eigenvalue weighted by Crippen LogP contribution is -2.53. The van der Waals surface area contributed by atoms with E-state index in [0.29, 0.717) is 11.9 Å². The van der Waals surface area contributed by atoms with Crippen LogP contribution in [0.3, 0.4) is 0 Å². The van der Waals surface area contributed by atoms with Gasteiger partial charge in [0, 0.05) is 32.1 Å². The van der Waals surface area contributed by atoms with Crippen LogP contribution in [0.4, 0.5) is 0 Å². The minimum atomic E-state index is -0.0544. The molecule has 1 aliphatic rings. The van der Waals surface area contributed by atoms with Gasteiger partial charge in [-0.1, -0.05) is 13.8 Å². The number of rotatable bonds is 4. The summed E-state index contributed by atoms with van der Waals surface area (Å²) in [4.78, 5) is 20.8. The lowest BCUT2D eigenvalue weighted by Gasteiger charge is -2.38. The number of likely N-dealkylation sites (N-methyl/N-ethyl adjacent to an activating group) is 1. The quantitative estimate of drug-likeness (QED) is 0.879. The van der Waals surface area contributed by atoms with E-state index in [-0.39, 0.29) is 5.91 Å². The van der Waals surface area contributed by atoms with Gasteiger partial charge in [0.1, 0.15) is 5.82 Å². The highest BCUT2D eigenvalue weighted by Gasteiger charge is 2.28. The number of aromatic nitrogens is 3. The number of aryl methyl sites for hydroxylation is 1. The number of carbonyl (C=O) groups is 1. The molecule has 2 rings (SSSR count). The molecule has 0 saturated carbocycles. The van der Waals surface area contributed by atoms with Crippen molar-refractivity contribution in [2.75, 3.05) is 26.2 Å². The number of nitrogens with zero attached hydrogens (tertiary/aromatic N) is 4. The predicted octanol–water partition coefficient (Wildman–Crippen LogP) is 0.923. The summed E-state index contributed by atoms with van der Waals surface area (Å²) in [7, 11) is 0. The average molecular weight is 265 g/mol. The summed E-state index contributed by atoms with van der Waals surface area (Å²) in [5, 5.41) is 6.87. The highest BCUT2D eigenvalue weighted by atomic mass is 16.2. The molecule has 0 spiro atoms. The number of carbonyl (C=O) groups excluding carboxylic acids is 1. The maximum Gasteiger partial charge on any atom is 0.293 e. The Balaban J connectivity index is 1.99. The largest absolute Gasteiger partial charge is 0.333 e. The molecule has 1 aliphatic heterocycles.